The first kappa shape index (κ1) is 13.1. The zero-order valence-electron chi connectivity index (χ0n) is 11.2. The predicted molar refractivity (Wildman–Crippen MR) is 74.8 cm³/mol. The predicted octanol–water partition coefficient (Wildman–Crippen LogP) is 2.75. The van der Waals surface area contributed by atoms with Crippen molar-refractivity contribution >= 4 is 11.6 Å². The van der Waals surface area contributed by atoms with Crippen molar-refractivity contribution in [1.29, 1.82) is 0 Å². The van der Waals surface area contributed by atoms with Crippen LogP contribution in [-0.2, 0) is 4.79 Å². The lowest BCUT2D eigenvalue weighted by molar-refractivity contribution is -0.120. The number of carbonyl (C=O) groups is 1. The standard InChI is InChI=1S/C15H22N2O/c1-11(2)12-5-7-14(8-6-12)17-15(18)13-4-3-9-16-10-13/h5-8,11,13,16H,3-4,9-10H2,1-2H3,(H,17,18)/t13-/m1/s1. The summed E-state index contributed by atoms with van der Waals surface area (Å²) in [7, 11) is 0. The van der Waals surface area contributed by atoms with Gasteiger partial charge in [-0.05, 0) is 43.0 Å². The summed E-state index contributed by atoms with van der Waals surface area (Å²) in [5.74, 6) is 0.778. The van der Waals surface area contributed by atoms with Gasteiger partial charge in [-0.3, -0.25) is 4.79 Å². The van der Waals surface area contributed by atoms with E-state index >= 15 is 0 Å². The Morgan fingerprint density at radius 2 is 2.06 bits per heavy atom. The summed E-state index contributed by atoms with van der Waals surface area (Å²) in [6, 6.07) is 8.14. The molecule has 3 nitrogen and oxygen atoms in total. The van der Waals surface area contributed by atoms with Gasteiger partial charge in [0.15, 0.2) is 0 Å². The second kappa shape index (κ2) is 6.01. The molecule has 1 aromatic carbocycles. The summed E-state index contributed by atoms with van der Waals surface area (Å²) in [5.41, 5.74) is 2.20. The lowest BCUT2D eigenvalue weighted by Crippen LogP contribution is -2.37. The molecule has 0 spiro atoms. The Morgan fingerprint density at radius 3 is 2.61 bits per heavy atom. The molecule has 1 heterocycles. The van der Waals surface area contributed by atoms with Crippen LogP contribution in [0.5, 0.6) is 0 Å². The average molecular weight is 246 g/mol. The lowest BCUT2D eigenvalue weighted by atomic mass is 9.98. The summed E-state index contributed by atoms with van der Waals surface area (Å²) in [5, 5.41) is 6.26. The molecule has 18 heavy (non-hydrogen) atoms. The molecule has 1 amide bonds. The topological polar surface area (TPSA) is 41.1 Å². The van der Waals surface area contributed by atoms with Crippen LogP contribution in [0.2, 0.25) is 0 Å². The van der Waals surface area contributed by atoms with Crippen LogP contribution in [0.4, 0.5) is 5.69 Å². The molecule has 1 atom stereocenters. The monoisotopic (exact) mass is 246 g/mol. The van der Waals surface area contributed by atoms with Crippen LogP contribution in [0.1, 0.15) is 38.2 Å². The first-order chi connectivity index (χ1) is 8.66. The van der Waals surface area contributed by atoms with Crippen molar-refractivity contribution in [2.45, 2.75) is 32.6 Å². The number of anilines is 1. The quantitative estimate of drug-likeness (QED) is 0.861. The first-order valence-electron chi connectivity index (χ1n) is 6.78. The molecule has 1 fully saturated rings. The van der Waals surface area contributed by atoms with Gasteiger partial charge < -0.3 is 10.6 Å². The zero-order valence-corrected chi connectivity index (χ0v) is 11.2. The largest absolute Gasteiger partial charge is 0.326 e. The third kappa shape index (κ3) is 3.33. The van der Waals surface area contributed by atoms with E-state index in [-0.39, 0.29) is 11.8 Å². The number of piperidine rings is 1. The highest BCUT2D eigenvalue weighted by Crippen LogP contribution is 2.18. The van der Waals surface area contributed by atoms with Crippen LogP contribution in [0.25, 0.3) is 0 Å². The fourth-order valence-electron chi connectivity index (χ4n) is 2.27. The van der Waals surface area contributed by atoms with Gasteiger partial charge >= 0.3 is 0 Å². The van der Waals surface area contributed by atoms with Crippen molar-refractivity contribution in [3.8, 4) is 0 Å². The zero-order chi connectivity index (χ0) is 13.0. The Balaban J connectivity index is 1.94. The van der Waals surface area contributed by atoms with E-state index in [1.54, 1.807) is 0 Å². The molecular weight excluding hydrogens is 224 g/mol. The molecule has 1 aliphatic rings. The van der Waals surface area contributed by atoms with Gasteiger partial charge in [0, 0.05) is 12.2 Å². The van der Waals surface area contributed by atoms with Crippen molar-refractivity contribution in [3.05, 3.63) is 29.8 Å². The Labute approximate surface area is 109 Å². The van der Waals surface area contributed by atoms with Gasteiger partial charge in [-0.2, -0.15) is 0 Å². The Hall–Kier alpha value is -1.35. The first-order valence-corrected chi connectivity index (χ1v) is 6.78. The molecule has 2 N–H and O–H groups in total. The number of amides is 1. The summed E-state index contributed by atoms with van der Waals surface area (Å²) in [6.07, 6.45) is 2.08. The van der Waals surface area contributed by atoms with E-state index in [9.17, 15) is 4.79 Å². The molecule has 3 heteroatoms. The minimum Gasteiger partial charge on any atom is -0.326 e. The van der Waals surface area contributed by atoms with E-state index in [0.717, 1.165) is 31.6 Å². The van der Waals surface area contributed by atoms with Gasteiger partial charge in [-0.25, -0.2) is 0 Å². The van der Waals surface area contributed by atoms with Crippen molar-refractivity contribution in [2.24, 2.45) is 5.92 Å². The van der Waals surface area contributed by atoms with E-state index in [1.807, 2.05) is 12.1 Å². The molecule has 1 saturated heterocycles. The molecule has 1 aromatic rings. The van der Waals surface area contributed by atoms with Gasteiger partial charge in [-0.15, -0.1) is 0 Å². The SMILES string of the molecule is CC(C)c1ccc(NC(=O)[C@@H]2CCCNC2)cc1. The van der Waals surface area contributed by atoms with Crippen LogP contribution in [0.3, 0.4) is 0 Å². The highest BCUT2D eigenvalue weighted by Gasteiger charge is 2.20. The van der Waals surface area contributed by atoms with Crippen LogP contribution in [0, 0.1) is 5.92 Å². The Bertz CT molecular complexity index is 391. The van der Waals surface area contributed by atoms with Gasteiger partial charge in [0.25, 0.3) is 0 Å². The smallest absolute Gasteiger partial charge is 0.228 e. The molecule has 98 valence electrons. The van der Waals surface area contributed by atoms with Crippen molar-refractivity contribution in [2.75, 3.05) is 18.4 Å². The van der Waals surface area contributed by atoms with Crippen molar-refractivity contribution in [1.82, 2.24) is 5.32 Å². The fraction of sp³-hybridized carbons (Fsp3) is 0.533. The maximum absolute atomic E-state index is 12.0. The number of hydrogen-bond donors (Lipinski definition) is 2. The number of rotatable bonds is 3. The van der Waals surface area contributed by atoms with Gasteiger partial charge in [0.1, 0.15) is 0 Å². The van der Waals surface area contributed by atoms with Gasteiger partial charge in [0.05, 0.1) is 5.92 Å². The number of nitrogens with one attached hydrogen (secondary N) is 2. The van der Waals surface area contributed by atoms with E-state index in [4.69, 9.17) is 0 Å². The Morgan fingerprint density at radius 1 is 1.33 bits per heavy atom. The summed E-state index contributed by atoms with van der Waals surface area (Å²) >= 11 is 0. The molecule has 0 radical (unpaired) electrons. The van der Waals surface area contributed by atoms with Crippen molar-refractivity contribution in [3.63, 3.8) is 0 Å². The number of hydrogen-bond acceptors (Lipinski definition) is 2. The molecule has 2 rings (SSSR count). The highest BCUT2D eigenvalue weighted by molar-refractivity contribution is 5.92. The summed E-state index contributed by atoms with van der Waals surface area (Å²) < 4.78 is 0. The molecule has 0 bridgehead atoms. The lowest BCUT2D eigenvalue weighted by Gasteiger charge is -2.22. The van der Waals surface area contributed by atoms with E-state index < -0.39 is 0 Å². The maximum atomic E-state index is 12.0. The van der Waals surface area contributed by atoms with Crippen LogP contribution < -0.4 is 10.6 Å². The third-order valence-corrected chi connectivity index (χ3v) is 3.51. The minimum absolute atomic E-state index is 0.114. The van der Waals surface area contributed by atoms with Gasteiger partial charge in [-0.1, -0.05) is 26.0 Å². The third-order valence-electron chi connectivity index (χ3n) is 3.51. The second-order valence-corrected chi connectivity index (χ2v) is 5.31. The average Bonchev–Trinajstić information content (AvgIpc) is 2.40. The number of benzene rings is 1. The van der Waals surface area contributed by atoms with Crippen LogP contribution in [0.15, 0.2) is 24.3 Å². The highest BCUT2D eigenvalue weighted by atomic mass is 16.1. The normalized spacial score (nSPS) is 19.8. The second-order valence-electron chi connectivity index (χ2n) is 5.31. The van der Waals surface area contributed by atoms with Crippen LogP contribution in [-0.4, -0.2) is 19.0 Å². The molecule has 0 unspecified atom stereocenters. The van der Waals surface area contributed by atoms with E-state index in [2.05, 4.69) is 36.6 Å². The van der Waals surface area contributed by atoms with Crippen LogP contribution >= 0.6 is 0 Å². The number of carbonyl (C=O) groups excluding carboxylic acids is 1. The van der Waals surface area contributed by atoms with Gasteiger partial charge in [0.2, 0.25) is 5.91 Å². The molecule has 1 aliphatic heterocycles. The molecule has 0 saturated carbocycles. The molecule has 0 aliphatic carbocycles. The minimum atomic E-state index is 0.114. The Kier molecular flexibility index (Phi) is 4.37. The summed E-state index contributed by atoms with van der Waals surface area (Å²) in [4.78, 5) is 12.0. The van der Waals surface area contributed by atoms with E-state index in [1.165, 1.54) is 5.56 Å². The van der Waals surface area contributed by atoms with Crippen molar-refractivity contribution < 1.29 is 4.79 Å². The maximum Gasteiger partial charge on any atom is 0.228 e. The summed E-state index contributed by atoms with van der Waals surface area (Å²) in [6.45, 7) is 6.17. The molecule has 0 aromatic heterocycles. The fourth-order valence-corrected chi connectivity index (χ4v) is 2.27. The molecular formula is C15H22N2O. The van der Waals surface area contributed by atoms with E-state index in [0.29, 0.717) is 5.92 Å².